The SMILES string of the molecule is Nc1ccc(NC(=O)OCc2ccco2)cc1. The molecule has 5 nitrogen and oxygen atoms in total. The summed E-state index contributed by atoms with van der Waals surface area (Å²) < 4.78 is 9.97. The molecule has 0 aliphatic rings. The highest BCUT2D eigenvalue weighted by Crippen LogP contribution is 2.11. The number of rotatable bonds is 3. The van der Waals surface area contributed by atoms with Gasteiger partial charge in [-0.25, -0.2) is 4.79 Å². The van der Waals surface area contributed by atoms with Gasteiger partial charge in [-0.1, -0.05) is 0 Å². The summed E-state index contributed by atoms with van der Waals surface area (Å²) in [6.45, 7) is 0.105. The van der Waals surface area contributed by atoms with E-state index in [1.54, 1.807) is 36.4 Å². The third-order valence-corrected chi connectivity index (χ3v) is 2.08. The fourth-order valence-electron chi connectivity index (χ4n) is 1.25. The summed E-state index contributed by atoms with van der Waals surface area (Å²) in [5, 5.41) is 2.57. The fourth-order valence-corrected chi connectivity index (χ4v) is 1.25. The summed E-state index contributed by atoms with van der Waals surface area (Å²) in [5.74, 6) is 0.595. The van der Waals surface area contributed by atoms with E-state index < -0.39 is 6.09 Å². The number of ether oxygens (including phenoxy) is 1. The minimum atomic E-state index is -0.536. The van der Waals surface area contributed by atoms with Crippen molar-refractivity contribution in [3.63, 3.8) is 0 Å². The summed E-state index contributed by atoms with van der Waals surface area (Å²) in [4.78, 5) is 11.4. The first-order valence-corrected chi connectivity index (χ1v) is 5.06. The molecule has 0 saturated heterocycles. The number of amides is 1. The molecule has 0 aliphatic carbocycles. The molecule has 0 spiro atoms. The highest BCUT2D eigenvalue weighted by Gasteiger charge is 2.04. The molecule has 1 amide bonds. The zero-order valence-electron chi connectivity index (χ0n) is 9.05. The van der Waals surface area contributed by atoms with E-state index in [1.165, 1.54) is 6.26 Å². The number of nitrogens with one attached hydrogen (secondary N) is 1. The normalized spacial score (nSPS) is 9.88. The van der Waals surface area contributed by atoms with Gasteiger partial charge in [0.1, 0.15) is 5.76 Å². The Hall–Kier alpha value is -2.43. The average Bonchev–Trinajstić information content (AvgIpc) is 2.83. The topological polar surface area (TPSA) is 77.5 Å². The van der Waals surface area contributed by atoms with Gasteiger partial charge in [0.2, 0.25) is 0 Å². The summed E-state index contributed by atoms with van der Waals surface area (Å²) >= 11 is 0. The van der Waals surface area contributed by atoms with Crippen molar-refractivity contribution in [1.82, 2.24) is 0 Å². The summed E-state index contributed by atoms with van der Waals surface area (Å²) in [7, 11) is 0. The molecule has 0 saturated carbocycles. The second-order valence-corrected chi connectivity index (χ2v) is 3.40. The molecule has 0 atom stereocenters. The van der Waals surface area contributed by atoms with Gasteiger partial charge in [0.25, 0.3) is 0 Å². The fraction of sp³-hybridized carbons (Fsp3) is 0.0833. The van der Waals surface area contributed by atoms with Gasteiger partial charge in [-0.2, -0.15) is 0 Å². The number of furan rings is 1. The average molecular weight is 232 g/mol. The highest BCUT2D eigenvalue weighted by atomic mass is 16.6. The molecular weight excluding hydrogens is 220 g/mol. The number of benzene rings is 1. The lowest BCUT2D eigenvalue weighted by molar-refractivity contribution is 0.146. The van der Waals surface area contributed by atoms with Gasteiger partial charge in [-0.3, -0.25) is 5.32 Å². The molecule has 0 fully saturated rings. The monoisotopic (exact) mass is 232 g/mol. The van der Waals surface area contributed by atoms with E-state index >= 15 is 0 Å². The standard InChI is InChI=1S/C12H12N2O3/c13-9-3-5-10(6-4-9)14-12(15)17-8-11-2-1-7-16-11/h1-7H,8,13H2,(H,14,15). The van der Waals surface area contributed by atoms with E-state index in [4.69, 9.17) is 14.9 Å². The number of hydrogen-bond acceptors (Lipinski definition) is 4. The molecule has 1 aromatic carbocycles. The molecule has 0 bridgehead atoms. The van der Waals surface area contributed by atoms with Crippen molar-refractivity contribution in [2.75, 3.05) is 11.1 Å². The molecule has 3 N–H and O–H groups in total. The van der Waals surface area contributed by atoms with Crippen molar-refractivity contribution in [2.24, 2.45) is 0 Å². The molecule has 0 unspecified atom stereocenters. The van der Waals surface area contributed by atoms with Crippen LogP contribution in [0.25, 0.3) is 0 Å². The van der Waals surface area contributed by atoms with Gasteiger partial charge in [-0.15, -0.1) is 0 Å². The third-order valence-electron chi connectivity index (χ3n) is 2.08. The Morgan fingerprint density at radius 3 is 2.71 bits per heavy atom. The Kier molecular flexibility index (Phi) is 3.30. The molecule has 1 heterocycles. The Morgan fingerprint density at radius 1 is 1.29 bits per heavy atom. The van der Waals surface area contributed by atoms with Crippen LogP contribution in [-0.2, 0) is 11.3 Å². The zero-order chi connectivity index (χ0) is 12.1. The maximum Gasteiger partial charge on any atom is 0.412 e. The van der Waals surface area contributed by atoms with Crippen molar-refractivity contribution in [1.29, 1.82) is 0 Å². The second kappa shape index (κ2) is 5.07. The lowest BCUT2D eigenvalue weighted by Gasteiger charge is -2.05. The molecule has 5 heteroatoms. The molecular formula is C12H12N2O3. The van der Waals surface area contributed by atoms with Crippen LogP contribution >= 0.6 is 0 Å². The maximum atomic E-state index is 11.4. The number of carbonyl (C=O) groups is 1. The van der Waals surface area contributed by atoms with E-state index in [1.807, 2.05) is 0 Å². The van der Waals surface area contributed by atoms with Gasteiger partial charge in [0.15, 0.2) is 6.61 Å². The predicted molar refractivity (Wildman–Crippen MR) is 63.4 cm³/mol. The smallest absolute Gasteiger partial charge is 0.412 e. The molecule has 88 valence electrons. The number of nitrogens with two attached hydrogens (primary N) is 1. The van der Waals surface area contributed by atoms with Crippen LogP contribution in [0.5, 0.6) is 0 Å². The lowest BCUT2D eigenvalue weighted by atomic mass is 10.3. The quantitative estimate of drug-likeness (QED) is 0.797. The largest absolute Gasteiger partial charge is 0.466 e. The van der Waals surface area contributed by atoms with Crippen molar-refractivity contribution >= 4 is 17.5 Å². The first-order chi connectivity index (χ1) is 8.24. The Balaban J connectivity index is 1.83. The minimum absolute atomic E-state index is 0.105. The maximum absolute atomic E-state index is 11.4. The molecule has 17 heavy (non-hydrogen) atoms. The summed E-state index contributed by atoms with van der Waals surface area (Å²) in [5.41, 5.74) is 6.79. The zero-order valence-corrected chi connectivity index (χ0v) is 9.05. The minimum Gasteiger partial charge on any atom is -0.466 e. The molecule has 0 aliphatic heterocycles. The number of carbonyl (C=O) groups excluding carboxylic acids is 1. The van der Waals surface area contributed by atoms with Crippen LogP contribution in [0.1, 0.15) is 5.76 Å². The van der Waals surface area contributed by atoms with Crippen LogP contribution in [0.4, 0.5) is 16.2 Å². The van der Waals surface area contributed by atoms with Crippen LogP contribution in [0.15, 0.2) is 47.1 Å². The number of nitrogen functional groups attached to an aromatic ring is 1. The number of anilines is 2. The van der Waals surface area contributed by atoms with Crippen molar-refractivity contribution in [2.45, 2.75) is 6.61 Å². The van der Waals surface area contributed by atoms with Crippen LogP contribution in [-0.4, -0.2) is 6.09 Å². The first kappa shape index (κ1) is 11.1. The lowest BCUT2D eigenvalue weighted by Crippen LogP contribution is -2.13. The van der Waals surface area contributed by atoms with Gasteiger partial charge in [-0.05, 0) is 36.4 Å². The van der Waals surface area contributed by atoms with Crippen molar-refractivity contribution in [3.05, 3.63) is 48.4 Å². The van der Waals surface area contributed by atoms with Gasteiger partial charge in [0, 0.05) is 11.4 Å². The Labute approximate surface area is 98.2 Å². The van der Waals surface area contributed by atoms with Crippen LogP contribution in [0.2, 0.25) is 0 Å². The van der Waals surface area contributed by atoms with E-state index in [2.05, 4.69) is 5.32 Å². The Morgan fingerprint density at radius 2 is 2.06 bits per heavy atom. The van der Waals surface area contributed by atoms with Crippen LogP contribution in [0.3, 0.4) is 0 Å². The van der Waals surface area contributed by atoms with E-state index in [0.29, 0.717) is 17.1 Å². The van der Waals surface area contributed by atoms with Crippen LogP contribution < -0.4 is 11.1 Å². The molecule has 2 aromatic rings. The predicted octanol–water partition coefficient (Wildman–Crippen LogP) is 2.61. The van der Waals surface area contributed by atoms with Gasteiger partial charge < -0.3 is 14.9 Å². The van der Waals surface area contributed by atoms with Crippen molar-refractivity contribution < 1.29 is 13.9 Å². The Bertz CT molecular complexity index is 477. The van der Waals surface area contributed by atoms with Crippen molar-refractivity contribution in [3.8, 4) is 0 Å². The number of hydrogen-bond donors (Lipinski definition) is 2. The molecule has 0 radical (unpaired) electrons. The second-order valence-electron chi connectivity index (χ2n) is 3.40. The van der Waals surface area contributed by atoms with Crippen LogP contribution in [0, 0.1) is 0 Å². The van der Waals surface area contributed by atoms with Gasteiger partial charge >= 0.3 is 6.09 Å². The third kappa shape index (κ3) is 3.27. The van der Waals surface area contributed by atoms with E-state index in [0.717, 1.165) is 0 Å². The van der Waals surface area contributed by atoms with Gasteiger partial charge in [0.05, 0.1) is 6.26 Å². The van der Waals surface area contributed by atoms with E-state index in [-0.39, 0.29) is 6.61 Å². The first-order valence-electron chi connectivity index (χ1n) is 5.06. The highest BCUT2D eigenvalue weighted by molar-refractivity contribution is 5.84. The summed E-state index contributed by atoms with van der Waals surface area (Å²) in [6.07, 6.45) is 0.988. The molecule has 2 rings (SSSR count). The van der Waals surface area contributed by atoms with E-state index in [9.17, 15) is 4.79 Å². The molecule has 1 aromatic heterocycles. The summed E-state index contributed by atoms with van der Waals surface area (Å²) in [6, 6.07) is 10.3.